The van der Waals surface area contributed by atoms with Gasteiger partial charge in [0.15, 0.2) is 0 Å². The lowest BCUT2D eigenvalue weighted by Crippen LogP contribution is -2.30. The number of rotatable bonds is 3. The first-order valence-electron chi connectivity index (χ1n) is 7.34. The summed E-state index contributed by atoms with van der Waals surface area (Å²) in [5.74, 6) is 2.43. The average Bonchev–Trinajstić information content (AvgIpc) is 2.96. The lowest BCUT2D eigenvalue weighted by atomic mass is 10.0. The number of hydrogen-bond donors (Lipinski definition) is 1. The molecular formula is C15H24N2O2. The maximum atomic E-state index is 9.71. The first-order valence-corrected chi connectivity index (χ1v) is 7.34. The van der Waals surface area contributed by atoms with Gasteiger partial charge in [-0.1, -0.05) is 5.16 Å². The molecule has 1 N–H and O–H groups in total. The number of hydrogen-bond acceptors (Lipinski definition) is 4. The van der Waals surface area contributed by atoms with Gasteiger partial charge in [0.25, 0.3) is 0 Å². The molecule has 4 nitrogen and oxygen atoms in total. The highest BCUT2D eigenvalue weighted by molar-refractivity contribution is 5.20. The molecule has 2 fully saturated rings. The van der Waals surface area contributed by atoms with Crippen LogP contribution in [-0.2, 0) is 6.54 Å². The molecular weight excluding hydrogens is 240 g/mol. The van der Waals surface area contributed by atoms with Crippen LogP contribution in [0.2, 0.25) is 0 Å². The minimum atomic E-state index is -0.0381. The SMILES string of the molecule is Cc1noc(C)c1CN(C)C1C[C@H]2CC(O)C[C@H]2C1. The van der Waals surface area contributed by atoms with Crippen LogP contribution in [0.15, 0.2) is 4.52 Å². The molecule has 0 aromatic carbocycles. The Morgan fingerprint density at radius 1 is 1.21 bits per heavy atom. The van der Waals surface area contributed by atoms with Crippen LogP contribution in [0.1, 0.15) is 42.7 Å². The molecule has 2 aliphatic carbocycles. The van der Waals surface area contributed by atoms with Gasteiger partial charge in [-0.25, -0.2) is 0 Å². The van der Waals surface area contributed by atoms with Crippen molar-refractivity contribution in [1.29, 1.82) is 0 Å². The maximum absolute atomic E-state index is 9.71. The molecule has 0 bridgehead atoms. The van der Waals surface area contributed by atoms with E-state index in [0.29, 0.717) is 6.04 Å². The van der Waals surface area contributed by atoms with E-state index in [9.17, 15) is 5.11 Å². The zero-order valence-corrected chi connectivity index (χ0v) is 12.1. The predicted octanol–water partition coefficient (Wildman–Crippen LogP) is 2.27. The second-order valence-corrected chi connectivity index (χ2v) is 6.49. The highest BCUT2D eigenvalue weighted by Gasteiger charge is 2.42. The molecule has 2 saturated carbocycles. The number of aryl methyl sites for hydroxylation is 2. The molecule has 0 saturated heterocycles. The van der Waals surface area contributed by atoms with Crippen LogP contribution in [0.5, 0.6) is 0 Å². The standard InChI is InChI=1S/C15H24N2O2/c1-9-15(10(2)19-16-9)8-17(3)13-4-11-6-14(18)7-12(11)5-13/h11-14,18H,4-8H2,1-3H3/t11-,12+,13?,14?. The first-order chi connectivity index (χ1) is 9.04. The Kier molecular flexibility index (Phi) is 3.39. The van der Waals surface area contributed by atoms with Crippen molar-refractivity contribution in [3.8, 4) is 0 Å². The topological polar surface area (TPSA) is 49.5 Å². The first kappa shape index (κ1) is 13.1. The van der Waals surface area contributed by atoms with E-state index in [1.165, 1.54) is 18.4 Å². The molecule has 1 heterocycles. The maximum Gasteiger partial charge on any atom is 0.138 e. The van der Waals surface area contributed by atoms with Crippen molar-refractivity contribution < 1.29 is 9.63 Å². The largest absolute Gasteiger partial charge is 0.393 e. The van der Waals surface area contributed by atoms with Gasteiger partial charge in [-0.3, -0.25) is 4.90 Å². The number of aliphatic hydroxyl groups excluding tert-OH is 1. The summed E-state index contributed by atoms with van der Waals surface area (Å²) in [6, 6.07) is 0.649. The fourth-order valence-corrected chi connectivity index (χ4v) is 4.02. The molecule has 3 rings (SSSR count). The predicted molar refractivity (Wildman–Crippen MR) is 72.7 cm³/mol. The molecule has 19 heavy (non-hydrogen) atoms. The third-order valence-corrected chi connectivity index (χ3v) is 5.18. The fraction of sp³-hybridized carbons (Fsp3) is 0.800. The minimum absolute atomic E-state index is 0.0381. The van der Waals surface area contributed by atoms with E-state index < -0.39 is 0 Å². The van der Waals surface area contributed by atoms with Gasteiger partial charge in [-0.2, -0.15) is 0 Å². The van der Waals surface area contributed by atoms with Gasteiger partial charge in [-0.15, -0.1) is 0 Å². The van der Waals surface area contributed by atoms with Gasteiger partial charge in [0.1, 0.15) is 5.76 Å². The van der Waals surface area contributed by atoms with E-state index in [2.05, 4.69) is 17.1 Å². The third kappa shape index (κ3) is 2.43. The van der Waals surface area contributed by atoms with Crippen molar-refractivity contribution >= 4 is 0 Å². The van der Waals surface area contributed by atoms with E-state index in [0.717, 1.165) is 42.7 Å². The summed E-state index contributed by atoms with van der Waals surface area (Å²) < 4.78 is 5.24. The van der Waals surface area contributed by atoms with Crippen LogP contribution in [-0.4, -0.2) is 34.4 Å². The fourth-order valence-electron chi connectivity index (χ4n) is 4.02. The summed E-state index contributed by atoms with van der Waals surface area (Å²) in [7, 11) is 2.20. The van der Waals surface area contributed by atoms with Gasteiger partial charge >= 0.3 is 0 Å². The van der Waals surface area contributed by atoms with Gasteiger partial charge in [0.05, 0.1) is 11.8 Å². The summed E-state index contributed by atoms with van der Waals surface area (Å²) in [4.78, 5) is 2.44. The van der Waals surface area contributed by atoms with Crippen LogP contribution in [0, 0.1) is 25.7 Å². The lowest BCUT2D eigenvalue weighted by molar-refractivity contribution is 0.158. The van der Waals surface area contributed by atoms with Crippen molar-refractivity contribution in [1.82, 2.24) is 10.1 Å². The van der Waals surface area contributed by atoms with Gasteiger partial charge in [-0.05, 0) is 58.4 Å². The van der Waals surface area contributed by atoms with Crippen molar-refractivity contribution in [3.63, 3.8) is 0 Å². The molecule has 106 valence electrons. The van der Waals surface area contributed by atoms with Crippen LogP contribution < -0.4 is 0 Å². The number of aromatic nitrogens is 1. The minimum Gasteiger partial charge on any atom is -0.393 e. The molecule has 0 radical (unpaired) electrons. The van der Waals surface area contributed by atoms with E-state index in [4.69, 9.17) is 4.52 Å². The molecule has 1 aromatic rings. The van der Waals surface area contributed by atoms with E-state index in [-0.39, 0.29) is 6.10 Å². The van der Waals surface area contributed by atoms with Crippen LogP contribution >= 0.6 is 0 Å². The van der Waals surface area contributed by atoms with Crippen molar-refractivity contribution in [2.75, 3.05) is 7.05 Å². The number of aliphatic hydroxyl groups is 1. The number of nitrogens with zero attached hydrogens (tertiary/aromatic N) is 2. The molecule has 0 spiro atoms. The second kappa shape index (κ2) is 4.91. The van der Waals surface area contributed by atoms with E-state index in [1.54, 1.807) is 0 Å². The normalized spacial score (nSPS) is 34.2. The molecule has 2 aliphatic rings. The van der Waals surface area contributed by atoms with E-state index in [1.807, 2.05) is 13.8 Å². The van der Waals surface area contributed by atoms with Crippen molar-refractivity contribution in [3.05, 3.63) is 17.0 Å². The van der Waals surface area contributed by atoms with Gasteiger partial charge < -0.3 is 9.63 Å². The number of fused-ring (bicyclic) bond motifs is 1. The molecule has 4 heteroatoms. The molecule has 0 aliphatic heterocycles. The zero-order chi connectivity index (χ0) is 13.6. The zero-order valence-electron chi connectivity index (χ0n) is 12.1. The quantitative estimate of drug-likeness (QED) is 0.910. The van der Waals surface area contributed by atoms with Crippen molar-refractivity contribution in [2.24, 2.45) is 11.8 Å². The Balaban J connectivity index is 1.62. The summed E-state index contributed by atoms with van der Waals surface area (Å²) in [6.07, 6.45) is 4.47. The smallest absolute Gasteiger partial charge is 0.138 e. The van der Waals surface area contributed by atoms with Crippen molar-refractivity contribution in [2.45, 2.75) is 58.2 Å². The summed E-state index contributed by atoms with van der Waals surface area (Å²) in [5, 5.41) is 13.7. The summed E-state index contributed by atoms with van der Waals surface area (Å²) in [6.45, 7) is 4.93. The lowest BCUT2D eigenvalue weighted by Gasteiger charge is -2.25. The van der Waals surface area contributed by atoms with E-state index >= 15 is 0 Å². The Bertz CT molecular complexity index is 423. The Morgan fingerprint density at radius 2 is 1.84 bits per heavy atom. The Morgan fingerprint density at radius 3 is 2.37 bits per heavy atom. The van der Waals surface area contributed by atoms with Crippen LogP contribution in [0.4, 0.5) is 0 Å². The molecule has 0 amide bonds. The second-order valence-electron chi connectivity index (χ2n) is 6.49. The highest BCUT2D eigenvalue weighted by atomic mass is 16.5. The summed E-state index contributed by atoms with van der Waals surface area (Å²) >= 11 is 0. The van der Waals surface area contributed by atoms with Gasteiger partial charge in [0.2, 0.25) is 0 Å². The molecule has 4 atom stereocenters. The molecule has 1 aromatic heterocycles. The Hall–Kier alpha value is -0.870. The average molecular weight is 264 g/mol. The van der Waals surface area contributed by atoms with Gasteiger partial charge in [0, 0.05) is 18.2 Å². The summed E-state index contributed by atoms with van der Waals surface area (Å²) in [5.41, 5.74) is 2.25. The molecule has 2 unspecified atom stereocenters. The highest BCUT2D eigenvalue weighted by Crippen LogP contribution is 2.45. The monoisotopic (exact) mass is 264 g/mol. The van der Waals surface area contributed by atoms with Crippen LogP contribution in [0.25, 0.3) is 0 Å². The third-order valence-electron chi connectivity index (χ3n) is 5.18. The Labute approximate surface area is 114 Å². The van der Waals surface area contributed by atoms with Crippen LogP contribution in [0.3, 0.4) is 0 Å².